The summed E-state index contributed by atoms with van der Waals surface area (Å²) in [5.74, 6) is 0. The van der Waals surface area contributed by atoms with Crippen molar-refractivity contribution in [2.24, 2.45) is 0 Å². The van der Waals surface area contributed by atoms with Crippen molar-refractivity contribution in [1.82, 2.24) is 10.2 Å². The van der Waals surface area contributed by atoms with E-state index in [-0.39, 0.29) is 0 Å². The molecule has 0 amide bonds. The zero-order valence-corrected chi connectivity index (χ0v) is 12.4. The molecule has 1 aromatic rings. The molecule has 0 spiro atoms. The van der Waals surface area contributed by atoms with Gasteiger partial charge in [-0.05, 0) is 39.0 Å². The lowest BCUT2D eigenvalue weighted by Gasteiger charge is -2.26. The molecule has 1 unspecified atom stereocenters. The van der Waals surface area contributed by atoms with Gasteiger partial charge in [0.05, 0.1) is 0 Å². The summed E-state index contributed by atoms with van der Waals surface area (Å²) in [4.78, 5) is 2.53. The third-order valence-corrected chi connectivity index (χ3v) is 3.54. The number of benzene rings is 1. The lowest BCUT2D eigenvalue weighted by molar-refractivity contribution is 0.254. The second-order valence-corrected chi connectivity index (χ2v) is 5.00. The summed E-state index contributed by atoms with van der Waals surface area (Å²) >= 11 is 0. The van der Waals surface area contributed by atoms with E-state index in [0.29, 0.717) is 6.04 Å². The molecule has 0 aliphatic heterocycles. The minimum atomic E-state index is 0.433. The molecular formula is C16H28N2. The average Bonchev–Trinajstić information content (AvgIpc) is 2.40. The fraction of sp³-hybridized carbons (Fsp3) is 0.625. The fourth-order valence-electron chi connectivity index (χ4n) is 2.18. The van der Waals surface area contributed by atoms with Crippen LogP contribution in [0, 0.1) is 6.92 Å². The smallest absolute Gasteiger partial charge is 0.0446 e. The monoisotopic (exact) mass is 248 g/mol. The van der Waals surface area contributed by atoms with Gasteiger partial charge in [0.15, 0.2) is 0 Å². The fourth-order valence-corrected chi connectivity index (χ4v) is 2.18. The van der Waals surface area contributed by atoms with Crippen LogP contribution in [0.3, 0.4) is 0 Å². The van der Waals surface area contributed by atoms with Crippen LogP contribution in [-0.2, 0) is 0 Å². The van der Waals surface area contributed by atoms with E-state index in [1.807, 2.05) is 0 Å². The lowest BCUT2D eigenvalue weighted by Crippen LogP contribution is -2.34. The quantitative estimate of drug-likeness (QED) is 0.759. The normalized spacial score (nSPS) is 12.9. The van der Waals surface area contributed by atoms with Crippen LogP contribution >= 0.6 is 0 Å². The van der Waals surface area contributed by atoms with Crippen LogP contribution in [0.5, 0.6) is 0 Å². The molecule has 1 atom stereocenters. The van der Waals surface area contributed by atoms with Crippen molar-refractivity contribution in [3.05, 3.63) is 35.4 Å². The van der Waals surface area contributed by atoms with Gasteiger partial charge in [0.25, 0.3) is 0 Å². The van der Waals surface area contributed by atoms with E-state index in [1.54, 1.807) is 0 Å². The highest BCUT2D eigenvalue weighted by molar-refractivity contribution is 5.24. The van der Waals surface area contributed by atoms with Crippen molar-refractivity contribution in [1.29, 1.82) is 0 Å². The Hall–Kier alpha value is -0.860. The summed E-state index contributed by atoms with van der Waals surface area (Å²) in [6, 6.07) is 9.31. The van der Waals surface area contributed by atoms with Crippen LogP contribution in [0.4, 0.5) is 0 Å². The van der Waals surface area contributed by atoms with E-state index < -0.39 is 0 Å². The van der Waals surface area contributed by atoms with Crippen molar-refractivity contribution in [2.45, 2.75) is 39.7 Å². The van der Waals surface area contributed by atoms with Crippen molar-refractivity contribution < 1.29 is 0 Å². The topological polar surface area (TPSA) is 15.3 Å². The Balaban J connectivity index is 2.62. The van der Waals surface area contributed by atoms with Crippen LogP contribution in [0.15, 0.2) is 24.3 Å². The van der Waals surface area contributed by atoms with Crippen LogP contribution in [0.1, 0.15) is 43.9 Å². The van der Waals surface area contributed by atoms with Gasteiger partial charge in [-0.3, -0.25) is 0 Å². The summed E-state index contributed by atoms with van der Waals surface area (Å²) in [6.07, 6.45) is 2.56. The van der Waals surface area contributed by atoms with E-state index >= 15 is 0 Å². The van der Waals surface area contributed by atoms with Gasteiger partial charge in [-0.2, -0.15) is 0 Å². The molecule has 0 fully saturated rings. The number of unbranched alkanes of at least 4 members (excludes halogenated alkanes) is 1. The summed E-state index contributed by atoms with van der Waals surface area (Å²) in [5.41, 5.74) is 2.71. The summed E-state index contributed by atoms with van der Waals surface area (Å²) in [7, 11) is 2.05. The Morgan fingerprint density at radius 2 is 1.83 bits per heavy atom. The molecule has 0 aromatic heterocycles. The molecule has 1 rings (SSSR count). The first-order valence-electron chi connectivity index (χ1n) is 7.17. The second-order valence-electron chi connectivity index (χ2n) is 5.00. The van der Waals surface area contributed by atoms with Crippen LogP contribution < -0.4 is 5.32 Å². The maximum atomic E-state index is 3.44. The largest absolute Gasteiger partial charge is 0.312 e. The zero-order chi connectivity index (χ0) is 13.4. The number of nitrogens with zero attached hydrogens (tertiary/aromatic N) is 1. The van der Waals surface area contributed by atoms with Crippen molar-refractivity contribution in [3.63, 3.8) is 0 Å². The molecule has 0 saturated heterocycles. The molecule has 0 saturated carbocycles. The maximum absolute atomic E-state index is 3.44. The number of nitrogens with one attached hydrogen (secondary N) is 1. The summed E-state index contributed by atoms with van der Waals surface area (Å²) in [5, 5.41) is 3.44. The van der Waals surface area contributed by atoms with Crippen LogP contribution in [0.25, 0.3) is 0 Å². The van der Waals surface area contributed by atoms with Gasteiger partial charge in [-0.25, -0.2) is 0 Å². The minimum Gasteiger partial charge on any atom is -0.312 e. The number of aryl methyl sites for hydroxylation is 1. The first-order chi connectivity index (χ1) is 8.71. The van der Waals surface area contributed by atoms with Gasteiger partial charge in [0.2, 0.25) is 0 Å². The predicted molar refractivity (Wildman–Crippen MR) is 80.0 cm³/mol. The van der Waals surface area contributed by atoms with Gasteiger partial charge in [-0.1, -0.05) is 50.1 Å². The molecule has 0 aliphatic rings. The second kappa shape index (κ2) is 8.28. The van der Waals surface area contributed by atoms with Crippen molar-refractivity contribution in [2.75, 3.05) is 26.7 Å². The highest BCUT2D eigenvalue weighted by atomic mass is 15.1. The lowest BCUT2D eigenvalue weighted by atomic mass is 10.0. The molecular weight excluding hydrogens is 220 g/mol. The van der Waals surface area contributed by atoms with Crippen molar-refractivity contribution in [3.8, 4) is 0 Å². The van der Waals surface area contributed by atoms with Crippen LogP contribution in [0.2, 0.25) is 0 Å². The Kier molecular flexibility index (Phi) is 6.99. The summed E-state index contributed by atoms with van der Waals surface area (Å²) in [6.45, 7) is 10.1. The Labute approximate surface area is 112 Å². The molecule has 18 heavy (non-hydrogen) atoms. The highest BCUT2D eigenvalue weighted by Crippen LogP contribution is 2.15. The minimum absolute atomic E-state index is 0.433. The molecule has 1 aromatic carbocycles. The molecule has 2 nitrogen and oxygen atoms in total. The molecule has 1 N–H and O–H groups in total. The van der Waals surface area contributed by atoms with Crippen LogP contribution in [-0.4, -0.2) is 31.6 Å². The van der Waals surface area contributed by atoms with E-state index in [9.17, 15) is 0 Å². The molecule has 0 radical (unpaired) electrons. The number of hydrogen-bond acceptors (Lipinski definition) is 2. The number of rotatable bonds is 8. The first-order valence-corrected chi connectivity index (χ1v) is 7.17. The molecule has 0 heterocycles. The third-order valence-electron chi connectivity index (χ3n) is 3.54. The van der Waals surface area contributed by atoms with E-state index in [2.05, 4.69) is 62.3 Å². The van der Waals surface area contributed by atoms with Gasteiger partial charge >= 0.3 is 0 Å². The molecule has 0 bridgehead atoms. The van der Waals surface area contributed by atoms with E-state index in [4.69, 9.17) is 0 Å². The molecule has 0 aliphatic carbocycles. The van der Waals surface area contributed by atoms with E-state index in [0.717, 1.165) is 13.1 Å². The van der Waals surface area contributed by atoms with Crippen molar-refractivity contribution >= 4 is 0 Å². The Bertz CT molecular complexity index is 318. The van der Waals surface area contributed by atoms with Gasteiger partial charge < -0.3 is 10.2 Å². The summed E-state index contributed by atoms with van der Waals surface area (Å²) < 4.78 is 0. The highest BCUT2D eigenvalue weighted by Gasteiger charge is 2.12. The van der Waals surface area contributed by atoms with Gasteiger partial charge in [-0.15, -0.1) is 0 Å². The predicted octanol–water partition coefficient (Wildman–Crippen LogP) is 3.38. The third kappa shape index (κ3) is 4.79. The average molecular weight is 248 g/mol. The molecule has 102 valence electrons. The molecule has 2 heteroatoms. The van der Waals surface area contributed by atoms with Gasteiger partial charge in [0.1, 0.15) is 0 Å². The SMILES string of the molecule is CCCCN(CC)CC(NC)c1ccc(C)cc1. The maximum Gasteiger partial charge on any atom is 0.0446 e. The van der Waals surface area contributed by atoms with E-state index in [1.165, 1.54) is 30.5 Å². The number of likely N-dealkylation sites (N-methyl/N-ethyl adjacent to an activating group) is 2. The Morgan fingerprint density at radius 1 is 1.17 bits per heavy atom. The number of hydrogen-bond donors (Lipinski definition) is 1. The standard InChI is InChI=1S/C16H28N2/c1-5-7-12-18(6-2)13-16(17-4)15-10-8-14(3)9-11-15/h8-11,16-17H,5-7,12-13H2,1-4H3. The first kappa shape index (κ1) is 15.2. The van der Waals surface area contributed by atoms with Gasteiger partial charge in [0, 0.05) is 12.6 Å². The zero-order valence-electron chi connectivity index (χ0n) is 12.4. The Morgan fingerprint density at radius 3 is 2.33 bits per heavy atom.